The van der Waals surface area contributed by atoms with Crippen LogP contribution in [-0.2, 0) is 0 Å². The summed E-state index contributed by atoms with van der Waals surface area (Å²) in [6.45, 7) is 3.43. The SMILES string of the molecule is [CH2]C=Cc1ccc([N+](=O)[O-])c([N+](=O)[O-])c1. The average Bonchev–Trinajstić information content (AvgIpc) is 2.17. The minimum absolute atomic E-state index is 0.502. The number of nitro benzene ring substituents is 2. The molecule has 0 aliphatic carbocycles. The van der Waals surface area contributed by atoms with Crippen molar-refractivity contribution < 1.29 is 9.85 Å². The molecule has 6 nitrogen and oxygen atoms in total. The lowest BCUT2D eigenvalue weighted by Gasteiger charge is -1.96. The van der Waals surface area contributed by atoms with Gasteiger partial charge in [0.05, 0.1) is 9.85 Å². The molecule has 0 aliphatic heterocycles. The Morgan fingerprint density at radius 3 is 2.20 bits per heavy atom. The summed E-state index contributed by atoms with van der Waals surface area (Å²) >= 11 is 0. The van der Waals surface area contributed by atoms with E-state index >= 15 is 0 Å². The standard InChI is InChI=1S/C9H7N2O4/c1-2-3-7-4-5-8(10(12)13)9(6-7)11(14)15/h2-6H,1H2. The number of allylic oxidation sites excluding steroid dienone is 1. The molecule has 1 radical (unpaired) electrons. The fourth-order valence-electron chi connectivity index (χ4n) is 1.08. The second kappa shape index (κ2) is 4.32. The monoisotopic (exact) mass is 207 g/mol. The smallest absolute Gasteiger partial charge is 0.258 e. The first-order valence-electron chi connectivity index (χ1n) is 3.95. The van der Waals surface area contributed by atoms with Gasteiger partial charge in [-0.25, -0.2) is 0 Å². The summed E-state index contributed by atoms with van der Waals surface area (Å²) < 4.78 is 0. The first kappa shape index (κ1) is 10.8. The van der Waals surface area contributed by atoms with Crippen LogP contribution < -0.4 is 0 Å². The maximum atomic E-state index is 10.5. The van der Waals surface area contributed by atoms with E-state index in [-0.39, 0.29) is 0 Å². The molecule has 0 saturated carbocycles. The molecule has 0 spiro atoms. The molecule has 6 heteroatoms. The topological polar surface area (TPSA) is 86.3 Å². The number of nitrogens with zero attached hydrogens (tertiary/aromatic N) is 2. The lowest BCUT2D eigenvalue weighted by Crippen LogP contribution is -1.96. The number of rotatable bonds is 3. The van der Waals surface area contributed by atoms with Crippen LogP contribution in [0.1, 0.15) is 5.56 Å². The van der Waals surface area contributed by atoms with E-state index in [0.717, 1.165) is 12.1 Å². The Labute approximate surface area is 85.1 Å². The molecule has 1 aromatic carbocycles. The fourth-order valence-corrected chi connectivity index (χ4v) is 1.08. The minimum Gasteiger partial charge on any atom is -0.258 e. The highest BCUT2D eigenvalue weighted by Gasteiger charge is 2.23. The quantitative estimate of drug-likeness (QED) is 0.562. The Morgan fingerprint density at radius 2 is 1.73 bits per heavy atom. The van der Waals surface area contributed by atoms with Crippen molar-refractivity contribution in [3.63, 3.8) is 0 Å². The van der Waals surface area contributed by atoms with Gasteiger partial charge in [0.1, 0.15) is 0 Å². The molecule has 0 fully saturated rings. The first-order valence-corrected chi connectivity index (χ1v) is 3.95. The van der Waals surface area contributed by atoms with Crippen molar-refractivity contribution in [1.29, 1.82) is 0 Å². The summed E-state index contributed by atoms with van der Waals surface area (Å²) in [6.07, 6.45) is 2.97. The van der Waals surface area contributed by atoms with E-state index in [2.05, 4.69) is 6.92 Å². The number of hydrogen-bond donors (Lipinski definition) is 0. The summed E-state index contributed by atoms with van der Waals surface area (Å²) in [5, 5.41) is 21.0. The maximum Gasteiger partial charge on any atom is 0.346 e. The molecule has 15 heavy (non-hydrogen) atoms. The van der Waals surface area contributed by atoms with Crippen LogP contribution in [0.5, 0.6) is 0 Å². The van der Waals surface area contributed by atoms with Crippen LogP contribution in [0.4, 0.5) is 11.4 Å². The number of benzene rings is 1. The molecule has 77 valence electrons. The Kier molecular flexibility index (Phi) is 3.12. The van der Waals surface area contributed by atoms with E-state index in [0.29, 0.717) is 5.56 Å². The predicted molar refractivity (Wildman–Crippen MR) is 54.1 cm³/mol. The van der Waals surface area contributed by atoms with Gasteiger partial charge in [-0.1, -0.05) is 12.2 Å². The Hall–Kier alpha value is -2.24. The molecule has 0 bridgehead atoms. The highest BCUT2D eigenvalue weighted by molar-refractivity contribution is 5.61. The fraction of sp³-hybridized carbons (Fsp3) is 0. The van der Waals surface area contributed by atoms with Crippen LogP contribution in [0.25, 0.3) is 6.08 Å². The zero-order valence-corrected chi connectivity index (χ0v) is 7.62. The molecule has 0 unspecified atom stereocenters. The summed E-state index contributed by atoms with van der Waals surface area (Å²) in [7, 11) is 0. The third-order valence-electron chi connectivity index (χ3n) is 1.70. The zero-order valence-electron chi connectivity index (χ0n) is 7.62. The maximum absolute atomic E-state index is 10.5. The summed E-state index contributed by atoms with van der Waals surface area (Å²) in [5.41, 5.74) is -0.529. The summed E-state index contributed by atoms with van der Waals surface area (Å²) in [6, 6.07) is 3.67. The molecule has 0 heterocycles. The first-order chi connectivity index (χ1) is 7.06. The van der Waals surface area contributed by atoms with Gasteiger partial charge in [0, 0.05) is 12.1 Å². The molecule has 0 saturated heterocycles. The summed E-state index contributed by atoms with van der Waals surface area (Å²) in [5.74, 6) is 0. The molecule has 0 N–H and O–H groups in total. The molecule has 1 aromatic rings. The van der Waals surface area contributed by atoms with E-state index in [1.165, 1.54) is 18.2 Å². The molecule has 0 aromatic heterocycles. The highest BCUT2D eigenvalue weighted by Crippen LogP contribution is 2.27. The normalized spacial score (nSPS) is 10.5. The van der Waals surface area contributed by atoms with Gasteiger partial charge in [-0.2, -0.15) is 0 Å². The van der Waals surface area contributed by atoms with Gasteiger partial charge in [-0.05, 0) is 18.6 Å². The largest absolute Gasteiger partial charge is 0.346 e. The van der Waals surface area contributed by atoms with E-state index in [4.69, 9.17) is 0 Å². The molecule has 0 aliphatic rings. The van der Waals surface area contributed by atoms with E-state index in [1.54, 1.807) is 0 Å². The Bertz CT molecular complexity index is 440. The van der Waals surface area contributed by atoms with E-state index in [9.17, 15) is 20.2 Å². The second-order valence-corrected chi connectivity index (χ2v) is 2.66. The van der Waals surface area contributed by atoms with Crippen molar-refractivity contribution in [1.82, 2.24) is 0 Å². The van der Waals surface area contributed by atoms with Crippen molar-refractivity contribution >= 4 is 17.5 Å². The Balaban J connectivity index is 3.33. The van der Waals surface area contributed by atoms with E-state index < -0.39 is 21.2 Å². The van der Waals surface area contributed by atoms with Crippen LogP contribution in [-0.4, -0.2) is 9.85 Å². The lowest BCUT2D eigenvalue weighted by atomic mass is 10.1. The van der Waals surface area contributed by atoms with Gasteiger partial charge in [0.15, 0.2) is 0 Å². The van der Waals surface area contributed by atoms with Crippen LogP contribution in [0.3, 0.4) is 0 Å². The van der Waals surface area contributed by atoms with Crippen molar-refractivity contribution in [2.75, 3.05) is 0 Å². The third kappa shape index (κ3) is 2.37. The van der Waals surface area contributed by atoms with Crippen LogP contribution in [0, 0.1) is 27.2 Å². The lowest BCUT2D eigenvalue weighted by molar-refractivity contribution is -0.422. The zero-order chi connectivity index (χ0) is 11.4. The molecule has 0 amide bonds. The van der Waals surface area contributed by atoms with Gasteiger partial charge in [-0.15, -0.1) is 0 Å². The van der Waals surface area contributed by atoms with Gasteiger partial charge in [0.25, 0.3) is 0 Å². The van der Waals surface area contributed by atoms with Crippen molar-refractivity contribution in [2.24, 2.45) is 0 Å². The van der Waals surface area contributed by atoms with Crippen molar-refractivity contribution in [3.05, 3.63) is 57.0 Å². The van der Waals surface area contributed by atoms with Crippen molar-refractivity contribution in [3.8, 4) is 0 Å². The number of nitro groups is 2. The second-order valence-electron chi connectivity index (χ2n) is 2.66. The third-order valence-corrected chi connectivity index (χ3v) is 1.70. The molecule has 1 rings (SSSR count). The van der Waals surface area contributed by atoms with Crippen LogP contribution >= 0.6 is 0 Å². The number of hydrogen-bond acceptors (Lipinski definition) is 4. The molecular weight excluding hydrogens is 200 g/mol. The summed E-state index contributed by atoms with van der Waals surface area (Å²) in [4.78, 5) is 19.4. The van der Waals surface area contributed by atoms with Crippen molar-refractivity contribution in [2.45, 2.75) is 0 Å². The average molecular weight is 207 g/mol. The molecular formula is C9H7N2O4. The highest BCUT2D eigenvalue weighted by atomic mass is 16.6. The van der Waals surface area contributed by atoms with Gasteiger partial charge >= 0.3 is 11.4 Å². The predicted octanol–water partition coefficient (Wildman–Crippen LogP) is 2.35. The molecule has 0 atom stereocenters. The van der Waals surface area contributed by atoms with Crippen LogP contribution in [0.2, 0.25) is 0 Å². The minimum atomic E-state index is -0.782. The Morgan fingerprint density at radius 1 is 1.13 bits per heavy atom. The van der Waals surface area contributed by atoms with E-state index in [1.807, 2.05) is 0 Å². The van der Waals surface area contributed by atoms with Crippen LogP contribution in [0.15, 0.2) is 24.3 Å². The van der Waals surface area contributed by atoms with Gasteiger partial charge < -0.3 is 0 Å². The van der Waals surface area contributed by atoms with Gasteiger partial charge in [-0.3, -0.25) is 20.2 Å². The van der Waals surface area contributed by atoms with Gasteiger partial charge in [0.2, 0.25) is 0 Å².